The average molecular weight is 514 g/mol. The van der Waals surface area contributed by atoms with Crippen molar-refractivity contribution in [3.63, 3.8) is 0 Å². The summed E-state index contributed by atoms with van der Waals surface area (Å²) in [4.78, 5) is 44.1. The zero-order chi connectivity index (χ0) is 25.4. The molecule has 36 heavy (non-hydrogen) atoms. The van der Waals surface area contributed by atoms with Crippen molar-refractivity contribution in [3.05, 3.63) is 64.9 Å². The predicted octanol–water partition coefficient (Wildman–Crippen LogP) is 4.16. The molecular weight excluding hydrogens is 485 g/mol. The van der Waals surface area contributed by atoms with Gasteiger partial charge >= 0.3 is 6.09 Å². The Hall–Kier alpha value is -3.13. The van der Waals surface area contributed by atoms with E-state index in [9.17, 15) is 18.8 Å². The van der Waals surface area contributed by atoms with Crippen molar-refractivity contribution in [3.8, 4) is 5.75 Å². The molecule has 2 aromatic rings. The first-order valence-electron chi connectivity index (χ1n) is 12.3. The lowest BCUT2D eigenvalue weighted by molar-refractivity contribution is -0.135. The van der Waals surface area contributed by atoms with Crippen molar-refractivity contribution in [2.75, 3.05) is 33.2 Å². The summed E-state index contributed by atoms with van der Waals surface area (Å²) < 4.78 is 18.7. The fourth-order valence-corrected chi connectivity index (χ4v) is 5.34. The normalized spacial score (nSPS) is 23.6. The molecule has 0 spiro atoms. The van der Waals surface area contributed by atoms with E-state index in [1.54, 1.807) is 24.1 Å². The van der Waals surface area contributed by atoms with E-state index in [2.05, 4.69) is 0 Å². The van der Waals surface area contributed by atoms with Crippen LogP contribution >= 0.6 is 11.6 Å². The van der Waals surface area contributed by atoms with Gasteiger partial charge in [-0.1, -0.05) is 23.7 Å². The molecule has 5 rings (SSSR count). The van der Waals surface area contributed by atoms with Gasteiger partial charge in [0.1, 0.15) is 11.6 Å². The van der Waals surface area contributed by atoms with E-state index in [4.69, 9.17) is 16.3 Å². The van der Waals surface area contributed by atoms with Crippen molar-refractivity contribution in [2.45, 2.75) is 31.2 Å². The van der Waals surface area contributed by atoms with Crippen LogP contribution < -0.4 is 4.74 Å². The van der Waals surface area contributed by atoms with Crippen molar-refractivity contribution >= 4 is 29.5 Å². The first kappa shape index (κ1) is 24.6. The molecule has 0 N–H and O–H groups in total. The molecule has 2 aromatic carbocycles. The molecule has 3 aliphatic rings. The van der Waals surface area contributed by atoms with Crippen LogP contribution in [-0.2, 0) is 9.59 Å². The number of likely N-dealkylation sites (tertiary alicyclic amines) is 2. The van der Waals surface area contributed by atoms with Gasteiger partial charge in [0.05, 0.1) is 12.0 Å². The highest BCUT2D eigenvalue weighted by Crippen LogP contribution is 2.36. The number of hydrogen-bond donors (Lipinski definition) is 0. The number of carbonyl (C=O) groups excluding carboxylic acids is 3. The number of carbonyl (C=O) groups is 3. The maximum Gasteiger partial charge on any atom is 0.415 e. The van der Waals surface area contributed by atoms with Crippen LogP contribution in [0.25, 0.3) is 0 Å². The number of nitrogens with zero attached hydrogens (tertiary/aromatic N) is 3. The first-order valence-corrected chi connectivity index (χ1v) is 12.7. The molecule has 0 radical (unpaired) electrons. The maximum atomic E-state index is 13.5. The molecule has 1 unspecified atom stereocenters. The summed E-state index contributed by atoms with van der Waals surface area (Å²) in [5.74, 6) is -0.204. The third-order valence-corrected chi connectivity index (χ3v) is 7.73. The molecule has 1 aliphatic carbocycles. The van der Waals surface area contributed by atoms with Crippen molar-refractivity contribution in [1.29, 1.82) is 0 Å². The molecular formula is C27H29ClFN3O4. The van der Waals surface area contributed by atoms with E-state index in [-0.39, 0.29) is 41.4 Å². The molecule has 2 saturated heterocycles. The number of halogens is 2. The minimum Gasteiger partial charge on any atom is -0.410 e. The van der Waals surface area contributed by atoms with Gasteiger partial charge in [0, 0.05) is 50.1 Å². The van der Waals surface area contributed by atoms with Crippen LogP contribution in [0.3, 0.4) is 0 Å². The number of rotatable bonds is 5. The quantitative estimate of drug-likeness (QED) is 0.602. The number of benzene rings is 2. The Balaban J connectivity index is 1.31. The third kappa shape index (κ3) is 5.19. The SMILES string of the molecule is CN(C(=O)Oc1ccc(F)cc1)[C@@H]1CN(C(=O)C2CCN(C(=O)C3CC3)C2)C[C@H]1c1ccc(Cl)cc1. The number of amides is 3. The Morgan fingerprint density at radius 2 is 1.56 bits per heavy atom. The van der Waals surface area contributed by atoms with E-state index < -0.39 is 11.9 Å². The molecule has 7 nitrogen and oxygen atoms in total. The molecule has 190 valence electrons. The fourth-order valence-electron chi connectivity index (χ4n) is 5.22. The van der Waals surface area contributed by atoms with E-state index in [1.165, 1.54) is 29.2 Å². The van der Waals surface area contributed by atoms with Gasteiger partial charge in [0.15, 0.2) is 0 Å². The zero-order valence-corrected chi connectivity index (χ0v) is 20.9. The molecule has 3 fully saturated rings. The summed E-state index contributed by atoms with van der Waals surface area (Å²) in [7, 11) is 1.65. The highest BCUT2D eigenvalue weighted by Gasteiger charge is 2.44. The summed E-state index contributed by atoms with van der Waals surface area (Å²) in [6.45, 7) is 1.89. The molecule has 2 aliphatic heterocycles. The molecule has 0 bridgehead atoms. The smallest absolute Gasteiger partial charge is 0.410 e. The zero-order valence-electron chi connectivity index (χ0n) is 20.1. The topological polar surface area (TPSA) is 70.2 Å². The summed E-state index contributed by atoms with van der Waals surface area (Å²) >= 11 is 6.09. The molecule has 1 saturated carbocycles. The van der Waals surface area contributed by atoms with Gasteiger partial charge in [-0.25, -0.2) is 9.18 Å². The van der Waals surface area contributed by atoms with E-state index in [1.807, 2.05) is 17.0 Å². The van der Waals surface area contributed by atoms with Crippen LogP contribution in [0.4, 0.5) is 9.18 Å². The second kappa shape index (κ2) is 10.1. The van der Waals surface area contributed by atoms with Gasteiger partial charge < -0.3 is 19.4 Å². The van der Waals surface area contributed by atoms with Crippen molar-refractivity contribution < 1.29 is 23.5 Å². The van der Waals surface area contributed by atoms with Crippen LogP contribution in [0.1, 0.15) is 30.7 Å². The summed E-state index contributed by atoms with van der Waals surface area (Å²) in [5.41, 5.74) is 0.970. The molecule has 3 amide bonds. The molecule has 0 aromatic heterocycles. The van der Waals surface area contributed by atoms with Gasteiger partial charge in [0.25, 0.3) is 0 Å². The minimum atomic E-state index is -0.582. The van der Waals surface area contributed by atoms with Gasteiger partial charge in [-0.3, -0.25) is 9.59 Å². The Bertz CT molecular complexity index is 1140. The molecule has 9 heteroatoms. The Morgan fingerprint density at radius 3 is 2.22 bits per heavy atom. The molecule has 3 atom stereocenters. The van der Waals surface area contributed by atoms with E-state index in [0.717, 1.165) is 18.4 Å². The maximum absolute atomic E-state index is 13.5. The van der Waals surface area contributed by atoms with Crippen molar-refractivity contribution in [2.24, 2.45) is 11.8 Å². The van der Waals surface area contributed by atoms with E-state index >= 15 is 0 Å². The highest BCUT2D eigenvalue weighted by atomic mass is 35.5. The first-order chi connectivity index (χ1) is 17.3. The lowest BCUT2D eigenvalue weighted by atomic mass is 9.93. The molecule has 2 heterocycles. The van der Waals surface area contributed by atoms with Crippen LogP contribution in [0.2, 0.25) is 5.02 Å². The lowest BCUT2D eigenvalue weighted by Gasteiger charge is -2.28. The van der Waals surface area contributed by atoms with Gasteiger partial charge in [-0.15, -0.1) is 0 Å². The third-order valence-electron chi connectivity index (χ3n) is 7.48. The Kier molecular flexibility index (Phi) is 6.88. The second-order valence-electron chi connectivity index (χ2n) is 9.95. The minimum absolute atomic E-state index is 0.0165. The van der Waals surface area contributed by atoms with E-state index in [0.29, 0.717) is 37.6 Å². The number of ether oxygens (including phenoxy) is 1. The summed E-state index contributed by atoms with van der Waals surface area (Å²) in [5, 5.41) is 0.608. The Labute approximate surface area is 214 Å². The predicted molar refractivity (Wildman–Crippen MR) is 132 cm³/mol. The van der Waals surface area contributed by atoms with Gasteiger partial charge in [-0.05, 0) is 61.2 Å². The van der Waals surface area contributed by atoms with Crippen molar-refractivity contribution in [1.82, 2.24) is 14.7 Å². The van der Waals surface area contributed by atoms with Gasteiger partial charge in [-0.2, -0.15) is 0 Å². The lowest BCUT2D eigenvalue weighted by Crippen LogP contribution is -2.44. The Morgan fingerprint density at radius 1 is 0.889 bits per heavy atom. The average Bonchev–Trinajstić information content (AvgIpc) is 3.44. The standard InChI is InChI=1S/C27H29ClFN3O4/c1-30(27(35)36-22-10-8-21(29)9-11-22)24-16-32(15-23(24)17-4-6-20(28)7-5-17)26(34)19-12-13-31(14-19)25(33)18-2-3-18/h4-11,18-19,23-24H,2-3,12-16H2,1H3/t19?,23-,24+/m0/s1. The fraction of sp³-hybridized carbons (Fsp3) is 0.444. The van der Waals surface area contributed by atoms with Crippen LogP contribution in [0, 0.1) is 17.7 Å². The summed E-state index contributed by atoms with van der Waals surface area (Å²) in [6.07, 6.45) is 1.98. The van der Waals surface area contributed by atoms with Gasteiger partial charge in [0.2, 0.25) is 11.8 Å². The largest absolute Gasteiger partial charge is 0.415 e. The number of hydrogen-bond acceptors (Lipinski definition) is 4. The summed E-state index contributed by atoms with van der Waals surface area (Å²) in [6, 6.07) is 12.4. The highest BCUT2D eigenvalue weighted by molar-refractivity contribution is 6.30. The monoisotopic (exact) mass is 513 g/mol. The van der Waals surface area contributed by atoms with Crippen LogP contribution in [0.15, 0.2) is 48.5 Å². The van der Waals surface area contributed by atoms with Crippen LogP contribution in [-0.4, -0.2) is 71.9 Å². The van der Waals surface area contributed by atoms with Crippen LogP contribution in [0.5, 0.6) is 5.75 Å². The second-order valence-corrected chi connectivity index (χ2v) is 10.4. The number of likely N-dealkylation sites (N-methyl/N-ethyl adjacent to an activating group) is 1.